The normalized spacial score (nSPS) is 20.7. The Labute approximate surface area is 384 Å². The first-order valence-corrected chi connectivity index (χ1v) is 22.7. The summed E-state index contributed by atoms with van der Waals surface area (Å²) in [6.45, 7) is 6.05. The van der Waals surface area contributed by atoms with Gasteiger partial charge in [-0.15, -0.1) is 0 Å². The van der Waals surface area contributed by atoms with Crippen LogP contribution in [0.4, 0.5) is 31.9 Å². The number of methoxy groups -OCH3 is 1. The molecule has 0 bridgehead atoms. The van der Waals surface area contributed by atoms with Gasteiger partial charge in [-0.1, -0.05) is 11.6 Å². The van der Waals surface area contributed by atoms with Crippen LogP contribution in [0.5, 0.6) is 11.5 Å². The van der Waals surface area contributed by atoms with Crippen molar-refractivity contribution in [2.45, 2.75) is 70.5 Å². The Morgan fingerprint density at radius 1 is 1.02 bits per heavy atom. The number of ether oxygens (including phenoxy) is 2. The average molecular weight is 931 g/mol. The lowest BCUT2D eigenvalue weighted by atomic mass is 9.68. The molecular weight excluding hydrogens is 878 g/mol. The molecule has 20 heteroatoms. The predicted molar refractivity (Wildman–Crippen MR) is 243 cm³/mol. The number of alkyl halides is 2. The number of likely N-dealkylation sites (tertiary alicyclic amines) is 1. The molecule has 0 saturated carbocycles. The standard InChI is InChI=1S/C46H53ClF2N10O7/c1-26(2)59-33-7-5-29(17-28(33)18-36(43(59)64)66-22-38(61)50-3)52-40-32(47)19-51-44(54-40)56-14-11-27(12-15-56)20-55-16-13-45(46(48,49)25-55)23-57(24-45)34-8-6-30-31(39(34)65-4)21-58(42(30)63)35-9-10-37(60)53-41(35)62/h5-8,17-19,26-27,35H,9-16,20-25H2,1-4H3,(H,50,61)(H,51,52,54)(H,53,60,62). The number of likely N-dealkylation sites (N-methyl/N-ethyl adjacent to an activating group) is 1. The Hall–Kier alpha value is -6.08. The van der Waals surface area contributed by atoms with E-state index < -0.39 is 23.3 Å². The molecule has 0 radical (unpaired) electrons. The Kier molecular flexibility index (Phi) is 12.0. The summed E-state index contributed by atoms with van der Waals surface area (Å²) < 4.78 is 45.5. The quantitative estimate of drug-likeness (QED) is 0.166. The van der Waals surface area contributed by atoms with Gasteiger partial charge < -0.3 is 39.4 Å². The van der Waals surface area contributed by atoms with Gasteiger partial charge in [-0.2, -0.15) is 4.98 Å². The third-order valence-corrected chi connectivity index (χ3v) is 14.1. The van der Waals surface area contributed by atoms with Gasteiger partial charge in [0, 0.05) is 74.4 Å². The fourth-order valence-corrected chi connectivity index (χ4v) is 10.3. The van der Waals surface area contributed by atoms with Crippen molar-refractivity contribution in [2.75, 3.05) is 81.7 Å². The van der Waals surface area contributed by atoms with Crippen molar-refractivity contribution in [3.63, 3.8) is 0 Å². The van der Waals surface area contributed by atoms with Crippen LogP contribution in [0.15, 0.2) is 47.4 Å². The maximum absolute atomic E-state index is 16.2. The van der Waals surface area contributed by atoms with Crippen molar-refractivity contribution in [2.24, 2.45) is 11.3 Å². The summed E-state index contributed by atoms with van der Waals surface area (Å²) in [5.41, 5.74) is 1.51. The molecule has 0 aliphatic carbocycles. The number of hydrogen-bond acceptors (Lipinski definition) is 13. The van der Waals surface area contributed by atoms with Gasteiger partial charge in [-0.3, -0.25) is 34.2 Å². The first-order valence-electron chi connectivity index (χ1n) is 22.4. The van der Waals surface area contributed by atoms with E-state index in [1.807, 2.05) is 41.8 Å². The molecule has 9 rings (SSSR count). The van der Waals surface area contributed by atoms with Gasteiger partial charge in [0.05, 0.1) is 43.0 Å². The number of imide groups is 1. The number of carbonyl (C=O) groups is 4. The number of carbonyl (C=O) groups excluding carboxylic acids is 4. The highest BCUT2D eigenvalue weighted by atomic mass is 35.5. The second-order valence-corrected chi connectivity index (χ2v) is 18.7. The van der Waals surface area contributed by atoms with Crippen LogP contribution in [0.1, 0.15) is 67.9 Å². The molecule has 5 aliphatic heterocycles. The van der Waals surface area contributed by atoms with Crippen LogP contribution in [-0.4, -0.2) is 127 Å². The van der Waals surface area contributed by atoms with Crippen molar-refractivity contribution in [3.05, 3.63) is 69.1 Å². The van der Waals surface area contributed by atoms with Crippen LogP contribution in [-0.2, 0) is 20.9 Å². The number of halogens is 3. The number of fused-ring (bicyclic) bond motifs is 2. The number of nitrogens with one attached hydrogen (secondary N) is 3. The van der Waals surface area contributed by atoms with Crippen molar-refractivity contribution in [1.29, 1.82) is 0 Å². The number of nitrogens with zero attached hydrogens (tertiary/aromatic N) is 7. The molecule has 350 valence electrons. The van der Waals surface area contributed by atoms with Crippen molar-refractivity contribution < 1.29 is 37.4 Å². The van der Waals surface area contributed by atoms with Gasteiger partial charge in [0.2, 0.25) is 17.8 Å². The number of rotatable bonds is 12. The molecule has 2 aromatic heterocycles. The number of amides is 4. The van der Waals surface area contributed by atoms with Gasteiger partial charge in [-0.05, 0) is 88.4 Å². The topological polar surface area (TPSA) is 184 Å². The molecular formula is C46H53ClF2N10O7. The third-order valence-electron chi connectivity index (χ3n) is 13.8. The second-order valence-electron chi connectivity index (χ2n) is 18.3. The summed E-state index contributed by atoms with van der Waals surface area (Å²) in [6, 6.07) is 9.62. The summed E-state index contributed by atoms with van der Waals surface area (Å²) in [5, 5.41) is 9.12. The second kappa shape index (κ2) is 17.6. The summed E-state index contributed by atoms with van der Waals surface area (Å²) >= 11 is 6.59. The lowest BCUT2D eigenvalue weighted by molar-refractivity contribution is -0.181. The van der Waals surface area contributed by atoms with Crippen LogP contribution in [0.2, 0.25) is 5.02 Å². The molecule has 3 N–H and O–H groups in total. The van der Waals surface area contributed by atoms with Crippen molar-refractivity contribution in [1.82, 2.24) is 35.0 Å². The summed E-state index contributed by atoms with van der Waals surface area (Å²) in [7, 11) is 2.99. The highest BCUT2D eigenvalue weighted by Gasteiger charge is 2.63. The molecule has 7 heterocycles. The monoisotopic (exact) mass is 930 g/mol. The molecule has 5 aliphatic rings. The SMILES string of the molecule is CNC(=O)COc1cc2cc(Nc3nc(N4CCC(CN5CCC6(CN(c7ccc8c(c7OC)CN(C7CCC(=O)NC7=O)C8=O)C6)C(F)(F)C5)CC4)ncc3Cl)ccc2n(C(C)C)c1=O. The molecule has 4 fully saturated rings. The maximum Gasteiger partial charge on any atom is 0.293 e. The van der Waals surface area contributed by atoms with Gasteiger partial charge in [0.25, 0.3) is 23.3 Å². The number of benzene rings is 2. The number of pyridine rings is 1. The summed E-state index contributed by atoms with van der Waals surface area (Å²) in [4.78, 5) is 79.4. The van der Waals surface area contributed by atoms with E-state index in [0.717, 1.165) is 12.8 Å². The smallest absolute Gasteiger partial charge is 0.293 e. The van der Waals surface area contributed by atoms with E-state index in [-0.39, 0.29) is 86.6 Å². The molecule has 2 aromatic carbocycles. The minimum Gasteiger partial charge on any atom is -0.494 e. The summed E-state index contributed by atoms with van der Waals surface area (Å²) in [6.07, 6.45) is 3.84. The first kappa shape index (κ1) is 45.1. The van der Waals surface area contributed by atoms with Crippen molar-refractivity contribution >= 4 is 69.3 Å². The lowest BCUT2D eigenvalue weighted by Gasteiger charge is -2.58. The molecule has 4 amide bonds. The molecule has 1 unspecified atom stereocenters. The van der Waals surface area contributed by atoms with Gasteiger partial charge in [0.15, 0.2) is 18.2 Å². The van der Waals surface area contributed by atoms with Crippen LogP contribution in [0.3, 0.4) is 0 Å². The van der Waals surface area contributed by atoms with Crippen LogP contribution < -0.4 is 40.8 Å². The Bertz CT molecular complexity index is 2670. The number of hydrogen-bond donors (Lipinski definition) is 3. The fourth-order valence-electron chi connectivity index (χ4n) is 10.2. The van der Waals surface area contributed by atoms with Crippen molar-refractivity contribution in [3.8, 4) is 11.5 Å². The van der Waals surface area contributed by atoms with E-state index in [9.17, 15) is 24.0 Å². The molecule has 4 saturated heterocycles. The van der Waals surface area contributed by atoms with Crippen LogP contribution in [0.25, 0.3) is 10.9 Å². The molecule has 66 heavy (non-hydrogen) atoms. The summed E-state index contributed by atoms with van der Waals surface area (Å²) in [5.74, 6) is -2.84. The first-order chi connectivity index (χ1) is 31.6. The molecule has 17 nitrogen and oxygen atoms in total. The predicted octanol–water partition coefficient (Wildman–Crippen LogP) is 4.73. The average Bonchev–Trinajstić information content (AvgIpc) is 3.60. The molecule has 1 atom stereocenters. The molecule has 4 aromatic rings. The van der Waals surface area contributed by atoms with E-state index in [2.05, 4.69) is 25.8 Å². The zero-order valence-corrected chi connectivity index (χ0v) is 38.1. The molecule has 1 spiro atoms. The zero-order valence-electron chi connectivity index (χ0n) is 37.3. The minimum absolute atomic E-state index is 0.0594. The zero-order chi connectivity index (χ0) is 46.7. The van der Waals surface area contributed by atoms with E-state index in [1.54, 1.807) is 29.0 Å². The lowest BCUT2D eigenvalue weighted by Crippen LogP contribution is -2.70. The highest BCUT2D eigenvalue weighted by Crippen LogP contribution is 2.53. The van der Waals surface area contributed by atoms with Crippen LogP contribution >= 0.6 is 11.6 Å². The van der Waals surface area contributed by atoms with Gasteiger partial charge >= 0.3 is 0 Å². The number of piperidine rings is 3. The minimum atomic E-state index is -2.92. The fraction of sp³-hybridized carbons (Fsp3) is 0.500. The van der Waals surface area contributed by atoms with E-state index >= 15 is 8.78 Å². The number of aromatic nitrogens is 3. The van der Waals surface area contributed by atoms with Gasteiger partial charge in [-0.25, -0.2) is 13.8 Å². The van der Waals surface area contributed by atoms with Gasteiger partial charge in [0.1, 0.15) is 16.8 Å². The highest BCUT2D eigenvalue weighted by molar-refractivity contribution is 6.33. The Balaban J connectivity index is 0.798. The van der Waals surface area contributed by atoms with E-state index in [0.29, 0.717) is 88.5 Å². The third kappa shape index (κ3) is 8.24. The van der Waals surface area contributed by atoms with E-state index in [4.69, 9.17) is 26.1 Å². The Morgan fingerprint density at radius 3 is 2.48 bits per heavy atom. The maximum atomic E-state index is 16.2. The van der Waals surface area contributed by atoms with Crippen LogP contribution in [0, 0.1) is 11.3 Å². The number of anilines is 4. The Morgan fingerprint density at radius 2 is 1.79 bits per heavy atom. The largest absolute Gasteiger partial charge is 0.494 e. The van der Waals surface area contributed by atoms with E-state index in [1.165, 1.54) is 19.1 Å².